The van der Waals surface area contributed by atoms with Gasteiger partial charge in [0.2, 0.25) is 0 Å². The lowest BCUT2D eigenvalue weighted by Crippen LogP contribution is -2.34. The first-order valence-corrected chi connectivity index (χ1v) is 7.64. The van der Waals surface area contributed by atoms with Crippen molar-refractivity contribution in [3.8, 4) is 0 Å². The van der Waals surface area contributed by atoms with Gasteiger partial charge in [-0.2, -0.15) is 0 Å². The maximum atomic E-state index is 12.1. The molecule has 1 rings (SSSR count). The summed E-state index contributed by atoms with van der Waals surface area (Å²) < 4.78 is 4.93. The Morgan fingerprint density at radius 2 is 1.95 bits per heavy atom. The molecule has 0 aliphatic rings. The number of carbonyl (C=O) groups is 1. The first kappa shape index (κ1) is 17.1. The molecule has 0 bridgehead atoms. The minimum absolute atomic E-state index is 0.132. The SMILES string of the molecule is COC(=O)C(C)(CCCBr)c1ccc(CO)c(CO)c1. The molecule has 1 aromatic carbocycles. The van der Waals surface area contributed by atoms with E-state index in [0.717, 1.165) is 17.3 Å². The molecular weight excluding hydrogens is 324 g/mol. The predicted molar refractivity (Wildman–Crippen MR) is 80.7 cm³/mol. The highest BCUT2D eigenvalue weighted by atomic mass is 79.9. The van der Waals surface area contributed by atoms with E-state index in [0.29, 0.717) is 17.5 Å². The van der Waals surface area contributed by atoms with Crippen LogP contribution in [0.2, 0.25) is 0 Å². The van der Waals surface area contributed by atoms with E-state index in [4.69, 9.17) is 4.74 Å². The van der Waals surface area contributed by atoms with Crippen molar-refractivity contribution in [3.05, 3.63) is 34.9 Å². The zero-order valence-electron chi connectivity index (χ0n) is 11.9. The number of ether oxygens (including phenoxy) is 1. The van der Waals surface area contributed by atoms with Gasteiger partial charge < -0.3 is 14.9 Å². The molecule has 0 fully saturated rings. The van der Waals surface area contributed by atoms with Crippen LogP contribution in [-0.2, 0) is 28.2 Å². The smallest absolute Gasteiger partial charge is 0.315 e. The zero-order valence-corrected chi connectivity index (χ0v) is 13.4. The summed E-state index contributed by atoms with van der Waals surface area (Å²) in [6.07, 6.45) is 1.48. The van der Waals surface area contributed by atoms with Crippen LogP contribution in [0.25, 0.3) is 0 Å². The first-order valence-electron chi connectivity index (χ1n) is 6.51. The van der Waals surface area contributed by atoms with Crippen LogP contribution >= 0.6 is 15.9 Å². The van der Waals surface area contributed by atoms with Crippen molar-refractivity contribution in [2.45, 2.75) is 38.4 Å². The number of benzene rings is 1. The fourth-order valence-electron chi connectivity index (χ4n) is 2.28. The molecule has 0 aliphatic heterocycles. The Bertz CT molecular complexity index is 461. The molecule has 0 saturated carbocycles. The van der Waals surface area contributed by atoms with E-state index in [1.165, 1.54) is 7.11 Å². The lowest BCUT2D eigenvalue weighted by Gasteiger charge is -2.28. The Labute approximate surface area is 127 Å². The lowest BCUT2D eigenvalue weighted by molar-refractivity contribution is -0.147. The summed E-state index contributed by atoms with van der Waals surface area (Å²) in [4.78, 5) is 12.1. The number of hydrogen-bond acceptors (Lipinski definition) is 4. The van der Waals surface area contributed by atoms with Gasteiger partial charge in [0.25, 0.3) is 0 Å². The molecule has 0 aromatic heterocycles. The van der Waals surface area contributed by atoms with Crippen molar-refractivity contribution in [2.75, 3.05) is 12.4 Å². The Morgan fingerprint density at radius 1 is 1.30 bits per heavy atom. The van der Waals surface area contributed by atoms with Gasteiger partial charge in [0.1, 0.15) is 0 Å². The molecule has 0 amide bonds. The van der Waals surface area contributed by atoms with Crippen molar-refractivity contribution in [3.63, 3.8) is 0 Å². The summed E-state index contributed by atoms with van der Waals surface area (Å²) in [5.41, 5.74) is 1.36. The van der Waals surface area contributed by atoms with Crippen LogP contribution in [0, 0.1) is 0 Å². The number of aliphatic hydroxyl groups excluding tert-OH is 2. The van der Waals surface area contributed by atoms with Gasteiger partial charge in [-0.1, -0.05) is 34.1 Å². The van der Waals surface area contributed by atoms with E-state index in [9.17, 15) is 15.0 Å². The van der Waals surface area contributed by atoms with Crippen molar-refractivity contribution >= 4 is 21.9 Å². The van der Waals surface area contributed by atoms with Gasteiger partial charge in [-0.05, 0) is 36.5 Å². The second-order valence-corrected chi connectivity index (χ2v) is 5.71. The summed E-state index contributed by atoms with van der Waals surface area (Å²) in [6.45, 7) is 1.54. The van der Waals surface area contributed by atoms with E-state index in [1.807, 2.05) is 13.0 Å². The number of aliphatic hydroxyl groups is 2. The quantitative estimate of drug-likeness (QED) is 0.588. The van der Waals surface area contributed by atoms with Crippen LogP contribution in [0.4, 0.5) is 0 Å². The van der Waals surface area contributed by atoms with Crippen LogP contribution < -0.4 is 0 Å². The van der Waals surface area contributed by atoms with Crippen LogP contribution in [-0.4, -0.2) is 28.6 Å². The van der Waals surface area contributed by atoms with Crippen molar-refractivity contribution in [1.29, 1.82) is 0 Å². The number of esters is 1. The Kier molecular flexibility index (Phi) is 6.65. The highest BCUT2D eigenvalue weighted by Gasteiger charge is 2.36. The fourth-order valence-corrected chi connectivity index (χ4v) is 2.56. The Hall–Kier alpha value is -0.910. The number of carbonyl (C=O) groups excluding carboxylic acids is 1. The molecule has 1 aromatic rings. The summed E-state index contributed by atoms with van der Waals surface area (Å²) in [5, 5.41) is 19.4. The van der Waals surface area contributed by atoms with Crippen LogP contribution in [0.5, 0.6) is 0 Å². The molecule has 0 spiro atoms. The highest BCUT2D eigenvalue weighted by molar-refractivity contribution is 9.09. The number of rotatable bonds is 7. The number of halogens is 1. The number of hydrogen-bond donors (Lipinski definition) is 2. The van der Waals surface area contributed by atoms with Gasteiger partial charge in [0.15, 0.2) is 0 Å². The largest absolute Gasteiger partial charge is 0.468 e. The molecule has 112 valence electrons. The summed E-state index contributed by atoms with van der Waals surface area (Å²) in [5.74, 6) is -0.293. The van der Waals surface area contributed by atoms with Gasteiger partial charge in [0.05, 0.1) is 25.7 Å². The van der Waals surface area contributed by atoms with Crippen LogP contribution in [0.3, 0.4) is 0 Å². The second kappa shape index (κ2) is 7.76. The van der Waals surface area contributed by atoms with Crippen molar-refractivity contribution < 1.29 is 19.7 Å². The van der Waals surface area contributed by atoms with E-state index in [-0.39, 0.29) is 19.2 Å². The molecule has 2 N–H and O–H groups in total. The third kappa shape index (κ3) is 3.59. The Balaban J connectivity index is 3.23. The summed E-state index contributed by atoms with van der Waals surface area (Å²) in [6, 6.07) is 5.34. The molecule has 0 saturated heterocycles. The van der Waals surface area contributed by atoms with Crippen LogP contribution in [0.15, 0.2) is 18.2 Å². The third-order valence-corrected chi connectivity index (χ3v) is 4.19. The van der Waals surface area contributed by atoms with Crippen molar-refractivity contribution in [2.24, 2.45) is 0 Å². The minimum atomic E-state index is -0.750. The maximum absolute atomic E-state index is 12.1. The number of methoxy groups -OCH3 is 1. The van der Waals surface area contributed by atoms with Gasteiger partial charge in [-0.3, -0.25) is 4.79 Å². The summed E-state index contributed by atoms with van der Waals surface area (Å²) in [7, 11) is 1.38. The van der Waals surface area contributed by atoms with E-state index >= 15 is 0 Å². The van der Waals surface area contributed by atoms with E-state index in [2.05, 4.69) is 15.9 Å². The van der Waals surface area contributed by atoms with E-state index < -0.39 is 5.41 Å². The fraction of sp³-hybridized carbons (Fsp3) is 0.533. The van der Waals surface area contributed by atoms with Crippen LogP contribution in [0.1, 0.15) is 36.5 Å². The molecule has 5 heteroatoms. The molecule has 0 heterocycles. The zero-order chi connectivity index (χ0) is 15.2. The highest BCUT2D eigenvalue weighted by Crippen LogP contribution is 2.32. The molecule has 20 heavy (non-hydrogen) atoms. The first-order chi connectivity index (χ1) is 9.53. The molecular formula is C15H21BrO4. The molecule has 1 unspecified atom stereocenters. The van der Waals surface area contributed by atoms with Gasteiger partial charge >= 0.3 is 5.97 Å². The molecule has 1 atom stereocenters. The molecule has 0 aliphatic carbocycles. The standard InChI is InChI=1S/C15H21BrO4/c1-15(6-3-7-16,14(19)20-2)13-5-4-11(9-17)12(8-13)10-18/h4-5,8,17-18H,3,6-7,9-10H2,1-2H3. The van der Waals surface area contributed by atoms with Gasteiger partial charge in [-0.25, -0.2) is 0 Å². The average Bonchev–Trinajstić information content (AvgIpc) is 2.50. The van der Waals surface area contributed by atoms with Crippen molar-refractivity contribution in [1.82, 2.24) is 0 Å². The van der Waals surface area contributed by atoms with Gasteiger partial charge in [0, 0.05) is 5.33 Å². The monoisotopic (exact) mass is 344 g/mol. The van der Waals surface area contributed by atoms with E-state index in [1.54, 1.807) is 12.1 Å². The Morgan fingerprint density at radius 3 is 2.45 bits per heavy atom. The third-order valence-electron chi connectivity index (χ3n) is 3.63. The normalized spacial score (nSPS) is 13.8. The minimum Gasteiger partial charge on any atom is -0.468 e. The predicted octanol–water partition coefficient (Wildman–Crippen LogP) is 2.28. The lowest BCUT2D eigenvalue weighted by atomic mass is 9.77. The summed E-state index contributed by atoms with van der Waals surface area (Å²) >= 11 is 3.37. The second-order valence-electron chi connectivity index (χ2n) is 4.92. The van der Waals surface area contributed by atoms with Gasteiger partial charge in [-0.15, -0.1) is 0 Å². The topological polar surface area (TPSA) is 66.8 Å². The maximum Gasteiger partial charge on any atom is 0.315 e. The molecule has 4 nitrogen and oxygen atoms in total. The molecule has 0 radical (unpaired) electrons. The average molecular weight is 345 g/mol. The number of alkyl halides is 1.